The molecule has 156 valence electrons. The molecule has 1 aliphatic rings. The zero-order valence-electron chi connectivity index (χ0n) is 17.4. The summed E-state index contributed by atoms with van der Waals surface area (Å²) in [6.07, 6.45) is 1.34. The van der Waals surface area contributed by atoms with Crippen LogP contribution in [0.2, 0.25) is 0 Å². The summed E-state index contributed by atoms with van der Waals surface area (Å²) < 4.78 is 11.9. The van der Waals surface area contributed by atoms with Gasteiger partial charge in [0.1, 0.15) is 11.7 Å². The normalized spacial score (nSPS) is 16.1. The molecule has 1 atom stereocenters. The number of carbonyl (C=O) groups excluding carboxylic acids is 2. The van der Waals surface area contributed by atoms with Crippen molar-refractivity contribution in [2.75, 3.05) is 6.61 Å². The van der Waals surface area contributed by atoms with E-state index in [1.807, 2.05) is 91.0 Å². The second kappa shape index (κ2) is 9.11. The first-order valence-electron chi connectivity index (χ1n) is 10.3. The third-order valence-electron chi connectivity index (χ3n) is 5.43. The zero-order valence-corrected chi connectivity index (χ0v) is 17.4. The highest BCUT2D eigenvalue weighted by Gasteiger charge is 2.38. The molecule has 4 rings (SSSR count). The Hall–Kier alpha value is -3.50. The quantitative estimate of drug-likeness (QED) is 0.412. The summed E-state index contributed by atoms with van der Waals surface area (Å²) in [4.78, 5) is 23.8. The Labute approximate surface area is 182 Å². The van der Waals surface area contributed by atoms with Crippen molar-refractivity contribution >= 4 is 11.8 Å². The van der Waals surface area contributed by atoms with E-state index in [1.54, 1.807) is 6.08 Å². The maximum atomic E-state index is 12.6. The average Bonchev–Trinajstić information content (AvgIpc) is 3.14. The van der Waals surface area contributed by atoms with Gasteiger partial charge in [-0.2, -0.15) is 0 Å². The largest absolute Gasteiger partial charge is 0.458 e. The molecule has 3 aromatic carbocycles. The van der Waals surface area contributed by atoms with Gasteiger partial charge in [0.15, 0.2) is 5.78 Å². The van der Waals surface area contributed by atoms with Crippen molar-refractivity contribution in [3.8, 4) is 0 Å². The number of benzene rings is 3. The lowest BCUT2D eigenvalue weighted by molar-refractivity contribution is -0.144. The number of rotatable bonds is 7. The molecule has 0 saturated heterocycles. The minimum Gasteiger partial charge on any atom is -0.458 e. The van der Waals surface area contributed by atoms with Gasteiger partial charge >= 0.3 is 5.97 Å². The van der Waals surface area contributed by atoms with E-state index in [0.717, 1.165) is 16.7 Å². The second-order valence-electron chi connectivity index (χ2n) is 7.54. The third-order valence-corrected chi connectivity index (χ3v) is 5.43. The number of esters is 1. The van der Waals surface area contributed by atoms with Gasteiger partial charge in [0.05, 0.1) is 13.0 Å². The molecule has 1 aliphatic carbocycles. The van der Waals surface area contributed by atoms with Crippen molar-refractivity contribution in [2.45, 2.75) is 25.0 Å². The molecule has 0 radical (unpaired) electrons. The summed E-state index contributed by atoms with van der Waals surface area (Å²) in [5.41, 5.74) is 2.53. The zero-order chi connectivity index (χ0) is 21.7. The average molecular weight is 412 g/mol. The lowest BCUT2D eigenvalue weighted by Crippen LogP contribution is -2.34. The molecule has 31 heavy (non-hydrogen) atoms. The van der Waals surface area contributed by atoms with E-state index in [-0.39, 0.29) is 18.8 Å². The van der Waals surface area contributed by atoms with E-state index < -0.39 is 17.7 Å². The predicted molar refractivity (Wildman–Crippen MR) is 118 cm³/mol. The van der Waals surface area contributed by atoms with Gasteiger partial charge in [-0.25, -0.2) is 0 Å². The molecule has 0 heterocycles. The molecule has 0 N–H and O–H groups in total. The summed E-state index contributed by atoms with van der Waals surface area (Å²) in [6, 6.07) is 30.0. The van der Waals surface area contributed by atoms with Gasteiger partial charge in [0.2, 0.25) is 0 Å². The fraction of sp³-hybridized carbons (Fsp3) is 0.185. The van der Waals surface area contributed by atoms with Gasteiger partial charge in [-0.05, 0) is 22.8 Å². The van der Waals surface area contributed by atoms with Gasteiger partial charge in [-0.1, -0.05) is 91.0 Å². The SMILES string of the molecule is CC(=O)O[C@H]1C=C(COC(c2ccccc2)(c2ccccc2)c2ccccc2)C(=O)C1. The van der Waals surface area contributed by atoms with Crippen LogP contribution in [-0.2, 0) is 24.7 Å². The fourth-order valence-electron chi connectivity index (χ4n) is 4.06. The summed E-state index contributed by atoms with van der Waals surface area (Å²) >= 11 is 0. The number of Topliss-reactive ketones (excluding diaryl/α,β-unsaturated/α-hetero) is 1. The molecule has 0 saturated carbocycles. The minimum absolute atomic E-state index is 0.0608. The molecule has 0 aliphatic heterocycles. The Kier molecular flexibility index (Phi) is 6.10. The Bertz CT molecular complexity index is 975. The predicted octanol–water partition coefficient (Wildman–Crippen LogP) is 4.83. The molecule has 0 bridgehead atoms. The van der Waals surface area contributed by atoms with Gasteiger partial charge in [-0.3, -0.25) is 9.59 Å². The van der Waals surface area contributed by atoms with E-state index in [4.69, 9.17) is 9.47 Å². The Morgan fingerprint density at radius 1 is 0.839 bits per heavy atom. The number of ether oxygens (including phenoxy) is 2. The summed E-state index contributed by atoms with van der Waals surface area (Å²) in [5, 5.41) is 0. The summed E-state index contributed by atoms with van der Waals surface area (Å²) in [5.74, 6) is -0.460. The van der Waals surface area contributed by atoms with Crippen LogP contribution >= 0.6 is 0 Å². The number of hydrogen-bond acceptors (Lipinski definition) is 4. The van der Waals surface area contributed by atoms with Crippen LogP contribution in [0.25, 0.3) is 0 Å². The molecule has 0 amide bonds. The smallest absolute Gasteiger partial charge is 0.303 e. The Morgan fingerprint density at radius 3 is 1.71 bits per heavy atom. The van der Waals surface area contributed by atoms with Crippen LogP contribution in [0.1, 0.15) is 30.0 Å². The summed E-state index contributed by atoms with van der Waals surface area (Å²) in [7, 11) is 0. The molecular formula is C27H24O4. The number of ketones is 1. The van der Waals surface area contributed by atoms with Crippen molar-refractivity contribution in [3.63, 3.8) is 0 Å². The molecule has 0 fully saturated rings. The Balaban J connectivity index is 1.78. The van der Waals surface area contributed by atoms with Crippen LogP contribution < -0.4 is 0 Å². The highest BCUT2D eigenvalue weighted by molar-refractivity contribution is 5.98. The number of hydrogen-bond donors (Lipinski definition) is 0. The van der Waals surface area contributed by atoms with Crippen molar-refractivity contribution in [2.24, 2.45) is 0 Å². The monoisotopic (exact) mass is 412 g/mol. The highest BCUT2D eigenvalue weighted by Crippen LogP contribution is 2.41. The maximum Gasteiger partial charge on any atom is 0.303 e. The van der Waals surface area contributed by atoms with Crippen LogP contribution in [0.4, 0.5) is 0 Å². The van der Waals surface area contributed by atoms with E-state index >= 15 is 0 Å². The second-order valence-corrected chi connectivity index (χ2v) is 7.54. The van der Waals surface area contributed by atoms with Crippen LogP contribution in [0.5, 0.6) is 0 Å². The first-order chi connectivity index (χ1) is 15.1. The van der Waals surface area contributed by atoms with Gasteiger partial charge in [0.25, 0.3) is 0 Å². The molecule has 3 aromatic rings. The standard InChI is InChI=1S/C27H24O4/c1-20(28)31-25-17-21(26(29)18-25)19-30-27(22-11-5-2-6-12-22,23-13-7-3-8-14-23)24-15-9-4-10-16-24/h2-17,25H,18-19H2,1H3/t25-/m0/s1. The molecule has 0 spiro atoms. The first kappa shape index (κ1) is 20.8. The highest BCUT2D eigenvalue weighted by atomic mass is 16.5. The lowest BCUT2D eigenvalue weighted by atomic mass is 9.80. The van der Waals surface area contributed by atoms with Gasteiger partial charge in [0, 0.05) is 12.5 Å². The van der Waals surface area contributed by atoms with Crippen molar-refractivity contribution in [1.29, 1.82) is 0 Å². The molecule has 0 aromatic heterocycles. The fourth-order valence-corrected chi connectivity index (χ4v) is 4.06. The van der Waals surface area contributed by atoms with Crippen LogP contribution in [0.15, 0.2) is 103 Å². The summed E-state index contributed by atoms with van der Waals surface area (Å²) in [6.45, 7) is 1.45. The van der Waals surface area contributed by atoms with Crippen molar-refractivity contribution in [1.82, 2.24) is 0 Å². The molecular weight excluding hydrogens is 388 g/mol. The molecule has 0 unspecified atom stereocenters. The van der Waals surface area contributed by atoms with E-state index in [0.29, 0.717) is 5.57 Å². The van der Waals surface area contributed by atoms with Crippen LogP contribution in [0, 0.1) is 0 Å². The van der Waals surface area contributed by atoms with Gasteiger partial charge < -0.3 is 9.47 Å². The topological polar surface area (TPSA) is 52.6 Å². The van der Waals surface area contributed by atoms with Gasteiger partial charge in [-0.15, -0.1) is 0 Å². The first-order valence-corrected chi connectivity index (χ1v) is 10.3. The lowest BCUT2D eigenvalue weighted by Gasteiger charge is -2.36. The maximum absolute atomic E-state index is 12.6. The van der Waals surface area contributed by atoms with Crippen molar-refractivity contribution < 1.29 is 19.1 Å². The third kappa shape index (κ3) is 4.35. The minimum atomic E-state index is -0.898. The van der Waals surface area contributed by atoms with Crippen LogP contribution in [-0.4, -0.2) is 24.5 Å². The number of carbonyl (C=O) groups is 2. The molecule has 4 heteroatoms. The molecule has 4 nitrogen and oxygen atoms in total. The Morgan fingerprint density at radius 2 is 1.29 bits per heavy atom. The van der Waals surface area contributed by atoms with E-state index in [1.165, 1.54) is 6.92 Å². The van der Waals surface area contributed by atoms with E-state index in [2.05, 4.69) is 0 Å². The van der Waals surface area contributed by atoms with Crippen LogP contribution in [0.3, 0.4) is 0 Å². The van der Waals surface area contributed by atoms with E-state index in [9.17, 15) is 9.59 Å². The van der Waals surface area contributed by atoms with Crippen molar-refractivity contribution in [3.05, 3.63) is 119 Å².